The number of amidine groups is 2. The minimum absolute atomic E-state index is 0.300. The lowest BCUT2D eigenvalue weighted by atomic mass is 9.82. The van der Waals surface area contributed by atoms with Crippen LogP contribution in [0.4, 0.5) is 0 Å². The fraction of sp³-hybridized carbons (Fsp3) is 0.0667. The zero-order valence-electron chi connectivity index (χ0n) is 26.6. The lowest BCUT2D eigenvalue weighted by Gasteiger charge is -2.28. The van der Waals surface area contributed by atoms with E-state index in [2.05, 4.69) is 157 Å². The van der Waals surface area contributed by atoms with E-state index in [0.717, 1.165) is 61.0 Å². The first-order valence-corrected chi connectivity index (χ1v) is 16.9. The summed E-state index contributed by atoms with van der Waals surface area (Å²) in [5.74, 6) is 2.21. The number of allylic oxidation sites excluding steroid dienone is 6. The van der Waals surface area contributed by atoms with Crippen LogP contribution in [0.5, 0.6) is 0 Å². The standard InChI is InChI=1S/C45H31N3O/c1-3-12-30-24-33(22-20-28(30)10-1)43-46-44(34-23-21-29-11-2-4-13-31(29)25-34)48-45(47-43)35-26-32-14-5-6-15-36(32)39(27-35)37-17-9-19-41-42(37)38-16-7-8-18-40(38)49-41/h1-28,30,44H,(H,46,47,48). The Morgan fingerprint density at radius 2 is 1.37 bits per heavy atom. The Balaban J connectivity index is 1.17. The van der Waals surface area contributed by atoms with Crippen LogP contribution in [0.1, 0.15) is 17.3 Å². The first-order valence-electron chi connectivity index (χ1n) is 16.9. The molecule has 2 heterocycles. The third-order valence-electron chi connectivity index (χ3n) is 10.0. The lowest BCUT2D eigenvalue weighted by molar-refractivity contribution is 0.650. The van der Waals surface area contributed by atoms with E-state index >= 15 is 0 Å². The molecule has 232 valence electrons. The summed E-state index contributed by atoms with van der Waals surface area (Å²) in [6.07, 6.45) is 15.3. The van der Waals surface area contributed by atoms with Crippen molar-refractivity contribution in [1.82, 2.24) is 5.32 Å². The molecule has 4 nitrogen and oxygen atoms in total. The highest BCUT2D eigenvalue weighted by atomic mass is 16.3. The molecule has 1 aromatic heterocycles. The summed E-state index contributed by atoms with van der Waals surface area (Å²) >= 11 is 0. The van der Waals surface area contributed by atoms with E-state index in [1.807, 2.05) is 12.1 Å². The van der Waals surface area contributed by atoms with E-state index in [1.165, 1.54) is 16.2 Å². The quantitative estimate of drug-likeness (QED) is 0.211. The molecule has 2 aliphatic carbocycles. The topological polar surface area (TPSA) is 49.9 Å². The molecule has 3 aliphatic rings. The van der Waals surface area contributed by atoms with E-state index in [0.29, 0.717) is 17.7 Å². The van der Waals surface area contributed by atoms with Gasteiger partial charge < -0.3 is 9.73 Å². The summed E-state index contributed by atoms with van der Waals surface area (Å²) in [4.78, 5) is 10.6. The molecular weight excluding hydrogens is 599 g/mol. The van der Waals surface area contributed by atoms with Crippen LogP contribution in [0.2, 0.25) is 0 Å². The number of fused-ring (bicyclic) bond motifs is 6. The van der Waals surface area contributed by atoms with Gasteiger partial charge in [-0.2, -0.15) is 0 Å². The van der Waals surface area contributed by atoms with Gasteiger partial charge in [-0.1, -0.05) is 134 Å². The highest BCUT2D eigenvalue weighted by Crippen LogP contribution is 2.40. The molecule has 0 saturated carbocycles. The third-order valence-corrected chi connectivity index (χ3v) is 10.0. The Morgan fingerprint density at radius 1 is 0.592 bits per heavy atom. The zero-order valence-corrected chi connectivity index (χ0v) is 26.6. The van der Waals surface area contributed by atoms with Crippen LogP contribution in [0.25, 0.3) is 54.6 Å². The largest absolute Gasteiger partial charge is 0.456 e. The molecule has 0 fully saturated rings. The molecule has 0 bridgehead atoms. The second-order valence-electron chi connectivity index (χ2n) is 13.0. The molecule has 1 N–H and O–H groups in total. The van der Waals surface area contributed by atoms with Crippen LogP contribution >= 0.6 is 0 Å². The predicted octanol–water partition coefficient (Wildman–Crippen LogP) is 10.9. The van der Waals surface area contributed by atoms with Gasteiger partial charge in [-0.05, 0) is 68.6 Å². The van der Waals surface area contributed by atoms with Gasteiger partial charge in [0, 0.05) is 33.7 Å². The van der Waals surface area contributed by atoms with Gasteiger partial charge >= 0.3 is 0 Å². The number of hydrogen-bond acceptors (Lipinski definition) is 4. The van der Waals surface area contributed by atoms with Crippen LogP contribution in [0.15, 0.2) is 184 Å². The van der Waals surface area contributed by atoms with Crippen molar-refractivity contribution in [1.29, 1.82) is 0 Å². The van der Waals surface area contributed by atoms with Crippen molar-refractivity contribution in [2.45, 2.75) is 6.17 Å². The number of nitrogens with zero attached hydrogens (tertiary/aromatic N) is 2. The smallest absolute Gasteiger partial charge is 0.159 e. The number of para-hydroxylation sites is 1. The van der Waals surface area contributed by atoms with E-state index in [-0.39, 0.29) is 6.17 Å². The molecule has 0 spiro atoms. The van der Waals surface area contributed by atoms with E-state index in [4.69, 9.17) is 14.4 Å². The van der Waals surface area contributed by atoms with Crippen LogP contribution < -0.4 is 5.32 Å². The summed E-state index contributed by atoms with van der Waals surface area (Å²) in [7, 11) is 0. The van der Waals surface area contributed by atoms with Gasteiger partial charge in [0.2, 0.25) is 0 Å². The molecule has 3 atom stereocenters. The van der Waals surface area contributed by atoms with Crippen LogP contribution in [0.3, 0.4) is 0 Å². The van der Waals surface area contributed by atoms with Gasteiger partial charge in [-0.3, -0.25) is 0 Å². The second-order valence-corrected chi connectivity index (χ2v) is 13.0. The molecule has 7 aromatic rings. The maximum atomic E-state index is 6.31. The summed E-state index contributed by atoms with van der Waals surface area (Å²) in [5, 5.41) is 10.7. The molecular formula is C45H31N3O. The molecule has 3 unspecified atom stereocenters. The predicted molar refractivity (Wildman–Crippen MR) is 203 cm³/mol. The van der Waals surface area contributed by atoms with Crippen molar-refractivity contribution in [2.24, 2.45) is 21.8 Å². The average Bonchev–Trinajstić information content (AvgIpc) is 3.56. The number of furan rings is 1. The molecule has 10 rings (SSSR count). The van der Waals surface area contributed by atoms with Gasteiger partial charge in [0.15, 0.2) is 5.84 Å². The Kier molecular flexibility index (Phi) is 6.34. The Bertz CT molecular complexity index is 2670. The van der Waals surface area contributed by atoms with Gasteiger partial charge in [-0.25, -0.2) is 9.98 Å². The molecule has 1 aliphatic heterocycles. The zero-order chi connectivity index (χ0) is 32.3. The molecule has 0 saturated heterocycles. The number of nitrogens with one attached hydrogen (secondary N) is 1. The minimum Gasteiger partial charge on any atom is -0.456 e. The van der Waals surface area contributed by atoms with Crippen molar-refractivity contribution in [3.05, 3.63) is 181 Å². The van der Waals surface area contributed by atoms with E-state index < -0.39 is 0 Å². The van der Waals surface area contributed by atoms with Crippen molar-refractivity contribution in [3.63, 3.8) is 0 Å². The third kappa shape index (κ3) is 4.76. The summed E-state index contributed by atoms with van der Waals surface area (Å²) in [6, 6.07) is 42.8. The first-order chi connectivity index (χ1) is 24.2. The van der Waals surface area contributed by atoms with Crippen molar-refractivity contribution >= 4 is 55.2 Å². The Morgan fingerprint density at radius 3 is 2.29 bits per heavy atom. The van der Waals surface area contributed by atoms with Gasteiger partial charge in [0.05, 0.1) is 0 Å². The normalized spacial score (nSPS) is 19.9. The maximum absolute atomic E-state index is 6.31. The lowest BCUT2D eigenvalue weighted by Crippen LogP contribution is -2.34. The monoisotopic (exact) mass is 629 g/mol. The van der Waals surface area contributed by atoms with Gasteiger partial charge in [-0.15, -0.1) is 0 Å². The molecule has 4 heteroatoms. The van der Waals surface area contributed by atoms with E-state index in [9.17, 15) is 0 Å². The van der Waals surface area contributed by atoms with Crippen LogP contribution in [0, 0.1) is 11.8 Å². The summed E-state index contributed by atoms with van der Waals surface area (Å²) in [6.45, 7) is 0. The Labute approximate surface area is 283 Å². The van der Waals surface area contributed by atoms with Gasteiger partial charge in [0.25, 0.3) is 0 Å². The van der Waals surface area contributed by atoms with Crippen LogP contribution in [-0.4, -0.2) is 11.7 Å². The fourth-order valence-electron chi connectivity index (χ4n) is 7.57. The van der Waals surface area contributed by atoms with Gasteiger partial charge in [0.1, 0.15) is 23.2 Å². The first kappa shape index (κ1) is 27.8. The molecule has 6 aromatic carbocycles. The van der Waals surface area contributed by atoms with Crippen molar-refractivity contribution in [3.8, 4) is 11.1 Å². The van der Waals surface area contributed by atoms with Crippen LogP contribution in [-0.2, 0) is 0 Å². The SMILES string of the molecule is C1=CC2C=CC(C3=NC(c4cc(-c5cccc6oc7ccccc7c56)c5ccccc5c4)=NC(c4ccc5ccccc5c4)N3)=CC2C=C1. The number of rotatable bonds is 4. The number of aliphatic imine (C=N–C) groups is 2. The number of hydrogen-bond donors (Lipinski definition) is 1. The average molecular weight is 630 g/mol. The summed E-state index contributed by atoms with van der Waals surface area (Å²) < 4.78 is 6.31. The number of benzene rings is 6. The highest BCUT2D eigenvalue weighted by Gasteiger charge is 2.26. The molecule has 0 amide bonds. The minimum atomic E-state index is -0.308. The molecule has 49 heavy (non-hydrogen) atoms. The highest BCUT2D eigenvalue weighted by molar-refractivity contribution is 6.18. The maximum Gasteiger partial charge on any atom is 0.159 e. The fourth-order valence-corrected chi connectivity index (χ4v) is 7.57. The summed E-state index contributed by atoms with van der Waals surface area (Å²) in [5.41, 5.74) is 7.18. The second kappa shape index (κ2) is 11.2. The van der Waals surface area contributed by atoms with Crippen molar-refractivity contribution in [2.75, 3.05) is 0 Å². The molecule has 0 radical (unpaired) electrons. The van der Waals surface area contributed by atoms with E-state index in [1.54, 1.807) is 0 Å². The van der Waals surface area contributed by atoms with Crippen molar-refractivity contribution < 1.29 is 4.42 Å². The Hall–Kier alpha value is -6.26.